The van der Waals surface area contributed by atoms with Crippen LogP contribution in [0, 0.1) is 13.8 Å². The minimum absolute atomic E-state index is 0.243. The number of esters is 1. The number of aromatic nitrogens is 1. The van der Waals surface area contributed by atoms with Gasteiger partial charge in [0.25, 0.3) is 5.91 Å². The maximum absolute atomic E-state index is 12.3. The molecule has 9 heteroatoms. The number of benzene rings is 1. The Hall–Kier alpha value is -3.07. The van der Waals surface area contributed by atoms with Crippen molar-refractivity contribution in [1.82, 2.24) is 10.1 Å². The van der Waals surface area contributed by atoms with Crippen LogP contribution >= 0.6 is 0 Å². The van der Waals surface area contributed by atoms with Crippen molar-refractivity contribution in [3.63, 3.8) is 0 Å². The number of hydrogen-bond donors (Lipinski definition) is 0. The van der Waals surface area contributed by atoms with Gasteiger partial charge in [-0.1, -0.05) is 5.16 Å². The monoisotopic (exact) mass is 404 g/mol. The number of amides is 1. The number of ether oxygens (including phenoxy) is 4. The molecule has 29 heavy (non-hydrogen) atoms. The molecule has 156 valence electrons. The van der Waals surface area contributed by atoms with Gasteiger partial charge in [0, 0.05) is 13.1 Å². The van der Waals surface area contributed by atoms with Crippen molar-refractivity contribution in [2.24, 2.45) is 0 Å². The Morgan fingerprint density at radius 1 is 1.17 bits per heavy atom. The fourth-order valence-electron chi connectivity index (χ4n) is 2.89. The Balaban J connectivity index is 1.60. The molecule has 0 spiro atoms. The average molecular weight is 404 g/mol. The van der Waals surface area contributed by atoms with Gasteiger partial charge in [0.05, 0.1) is 37.1 Å². The highest BCUT2D eigenvalue weighted by atomic mass is 16.5. The van der Waals surface area contributed by atoms with Crippen LogP contribution in [0.15, 0.2) is 22.7 Å². The molecule has 1 aromatic heterocycles. The lowest BCUT2D eigenvalue weighted by atomic mass is 10.2. The summed E-state index contributed by atoms with van der Waals surface area (Å²) in [7, 11) is 1.48. The van der Waals surface area contributed by atoms with Gasteiger partial charge in [-0.3, -0.25) is 4.79 Å². The van der Waals surface area contributed by atoms with Gasteiger partial charge >= 0.3 is 5.97 Å². The van der Waals surface area contributed by atoms with Gasteiger partial charge in [-0.2, -0.15) is 0 Å². The van der Waals surface area contributed by atoms with Gasteiger partial charge < -0.3 is 28.4 Å². The number of aryl methyl sites for hydroxylation is 2. The second kappa shape index (κ2) is 9.42. The van der Waals surface area contributed by atoms with E-state index < -0.39 is 5.97 Å². The summed E-state index contributed by atoms with van der Waals surface area (Å²) in [5, 5.41) is 3.89. The number of carbonyl (C=O) groups is 2. The van der Waals surface area contributed by atoms with Crippen LogP contribution < -0.4 is 9.47 Å². The van der Waals surface area contributed by atoms with E-state index in [-0.39, 0.29) is 24.7 Å². The molecule has 9 nitrogen and oxygen atoms in total. The maximum atomic E-state index is 12.3. The van der Waals surface area contributed by atoms with E-state index in [1.54, 1.807) is 17.0 Å². The summed E-state index contributed by atoms with van der Waals surface area (Å²) in [6.45, 7) is 5.58. The zero-order valence-corrected chi connectivity index (χ0v) is 16.7. The first-order valence-corrected chi connectivity index (χ1v) is 9.25. The molecule has 3 rings (SSSR count). The fraction of sp³-hybridized carbons (Fsp3) is 0.450. The molecule has 1 saturated heterocycles. The smallest absolute Gasteiger partial charge is 0.338 e. The molecule has 2 aromatic rings. The molecule has 0 saturated carbocycles. The fourth-order valence-corrected chi connectivity index (χ4v) is 2.89. The van der Waals surface area contributed by atoms with Crippen LogP contribution in [0.1, 0.15) is 27.4 Å². The van der Waals surface area contributed by atoms with E-state index in [2.05, 4.69) is 5.16 Å². The lowest BCUT2D eigenvalue weighted by Crippen LogP contribution is -2.42. The van der Waals surface area contributed by atoms with Crippen LogP contribution in [0.25, 0.3) is 0 Å². The van der Waals surface area contributed by atoms with E-state index in [0.717, 1.165) is 11.3 Å². The van der Waals surface area contributed by atoms with Gasteiger partial charge in [-0.25, -0.2) is 4.79 Å². The maximum Gasteiger partial charge on any atom is 0.338 e. The van der Waals surface area contributed by atoms with Crippen molar-refractivity contribution in [2.75, 3.05) is 40.0 Å². The summed E-state index contributed by atoms with van der Waals surface area (Å²) in [6, 6.07) is 4.70. The summed E-state index contributed by atoms with van der Waals surface area (Å²) in [4.78, 5) is 26.0. The normalized spacial score (nSPS) is 13.8. The largest absolute Gasteiger partial charge is 0.493 e. The van der Waals surface area contributed by atoms with Crippen molar-refractivity contribution in [1.29, 1.82) is 0 Å². The van der Waals surface area contributed by atoms with Crippen LogP contribution in [0.2, 0.25) is 0 Å². The molecule has 0 bridgehead atoms. The molecular formula is C20H24N2O7. The van der Waals surface area contributed by atoms with Gasteiger partial charge in [-0.05, 0) is 32.0 Å². The first-order valence-electron chi connectivity index (χ1n) is 9.25. The van der Waals surface area contributed by atoms with Crippen molar-refractivity contribution < 1.29 is 33.1 Å². The van der Waals surface area contributed by atoms with Crippen molar-refractivity contribution in [2.45, 2.75) is 20.5 Å². The second-order valence-electron chi connectivity index (χ2n) is 6.53. The second-order valence-corrected chi connectivity index (χ2v) is 6.53. The first kappa shape index (κ1) is 20.7. The average Bonchev–Trinajstić information content (AvgIpc) is 3.08. The van der Waals surface area contributed by atoms with Crippen LogP contribution in [0.4, 0.5) is 0 Å². The summed E-state index contributed by atoms with van der Waals surface area (Å²) in [5.41, 5.74) is 1.88. The van der Waals surface area contributed by atoms with E-state index >= 15 is 0 Å². The number of nitrogens with zero attached hydrogens (tertiary/aromatic N) is 2. The molecule has 2 heterocycles. The van der Waals surface area contributed by atoms with Gasteiger partial charge in [0.15, 0.2) is 18.1 Å². The van der Waals surface area contributed by atoms with Gasteiger partial charge in [-0.15, -0.1) is 0 Å². The molecule has 0 N–H and O–H groups in total. The van der Waals surface area contributed by atoms with Crippen LogP contribution in [0.3, 0.4) is 0 Å². The van der Waals surface area contributed by atoms with E-state index in [9.17, 15) is 9.59 Å². The van der Waals surface area contributed by atoms with Crippen LogP contribution in [0.5, 0.6) is 11.5 Å². The van der Waals surface area contributed by atoms with E-state index in [0.29, 0.717) is 43.6 Å². The summed E-state index contributed by atoms with van der Waals surface area (Å²) < 4.78 is 26.6. The molecule has 1 aliphatic rings. The van der Waals surface area contributed by atoms with Crippen molar-refractivity contribution in [3.05, 3.63) is 40.8 Å². The van der Waals surface area contributed by atoms with E-state index in [4.69, 9.17) is 23.5 Å². The van der Waals surface area contributed by atoms with Crippen LogP contribution in [-0.2, 0) is 20.9 Å². The third kappa shape index (κ3) is 5.05. The van der Waals surface area contributed by atoms with Crippen LogP contribution in [-0.4, -0.2) is 62.0 Å². The molecule has 1 aliphatic heterocycles. The van der Waals surface area contributed by atoms with Crippen molar-refractivity contribution in [3.8, 4) is 11.5 Å². The Morgan fingerprint density at radius 2 is 1.93 bits per heavy atom. The molecule has 0 atom stereocenters. The molecule has 0 aliphatic carbocycles. The number of methoxy groups -OCH3 is 1. The number of carbonyl (C=O) groups excluding carboxylic acids is 2. The standard InChI is InChI=1S/C20H24N2O7/c1-13-16(14(2)29-21-13)11-27-17-5-4-15(10-18(17)25-3)20(24)28-12-19(23)22-6-8-26-9-7-22/h4-5,10H,6-9,11-12H2,1-3H3. The van der Waals surface area contributed by atoms with Crippen molar-refractivity contribution >= 4 is 11.9 Å². The minimum atomic E-state index is -0.609. The quantitative estimate of drug-likeness (QED) is 0.645. The van der Waals surface area contributed by atoms with E-state index in [1.165, 1.54) is 13.2 Å². The Kier molecular flexibility index (Phi) is 6.71. The predicted octanol–water partition coefficient (Wildman–Crippen LogP) is 1.89. The Labute approximate surface area is 168 Å². The zero-order valence-electron chi connectivity index (χ0n) is 16.7. The lowest BCUT2D eigenvalue weighted by Gasteiger charge is -2.26. The van der Waals surface area contributed by atoms with E-state index in [1.807, 2.05) is 13.8 Å². The number of rotatable bonds is 7. The van der Waals surface area contributed by atoms with Gasteiger partial charge in [0.1, 0.15) is 12.4 Å². The highest BCUT2D eigenvalue weighted by Gasteiger charge is 2.20. The highest BCUT2D eigenvalue weighted by Crippen LogP contribution is 2.29. The molecule has 1 fully saturated rings. The topological polar surface area (TPSA) is 100 Å². The lowest BCUT2D eigenvalue weighted by molar-refractivity contribution is -0.138. The molecule has 1 aromatic carbocycles. The molecular weight excluding hydrogens is 380 g/mol. The highest BCUT2D eigenvalue weighted by molar-refractivity contribution is 5.92. The summed E-state index contributed by atoms with van der Waals surface area (Å²) in [5.74, 6) is 0.681. The third-order valence-corrected chi connectivity index (χ3v) is 4.64. The molecule has 0 unspecified atom stereocenters. The predicted molar refractivity (Wildman–Crippen MR) is 101 cm³/mol. The minimum Gasteiger partial charge on any atom is -0.493 e. The zero-order chi connectivity index (χ0) is 20.8. The SMILES string of the molecule is COc1cc(C(=O)OCC(=O)N2CCOCC2)ccc1OCc1c(C)noc1C. The molecule has 0 radical (unpaired) electrons. The molecule has 1 amide bonds. The summed E-state index contributed by atoms with van der Waals surface area (Å²) >= 11 is 0. The third-order valence-electron chi connectivity index (χ3n) is 4.64. The number of morpholine rings is 1. The Bertz CT molecular complexity index is 852. The summed E-state index contributed by atoms with van der Waals surface area (Å²) in [6.07, 6.45) is 0. The first-order chi connectivity index (χ1) is 14.0. The van der Waals surface area contributed by atoms with Gasteiger partial charge in [0.2, 0.25) is 0 Å². The Morgan fingerprint density at radius 3 is 2.59 bits per heavy atom. The number of hydrogen-bond acceptors (Lipinski definition) is 8.